The van der Waals surface area contributed by atoms with Crippen LogP contribution in [0.25, 0.3) is 17.5 Å². The van der Waals surface area contributed by atoms with Gasteiger partial charge >= 0.3 is 30.2 Å². The Morgan fingerprint density at radius 1 is 1.00 bits per heavy atom. The lowest BCUT2D eigenvalue weighted by Gasteiger charge is -2.31. The first kappa shape index (κ1) is 28.2. The fourth-order valence-electron chi connectivity index (χ4n) is 2.80. The second-order valence-electron chi connectivity index (χ2n) is 7.64. The molecule has 1 heterocycles. The zero-order valence-corrected chi connectivity index (χ0v) is 18.5. The van der Waals surface area contributed by atoms with Crippen molar-refractivity contribution in [3.05, 3.63) is 53.9 Å². The second-order valence-corrected chi connectivity index (χ2v) is 7.64. The number of hydrogen-bond acceptors (Lipinski definition) is 4. The highest BCUT2D eigenvalue weighted by atomic mass is 19.4. The van der Waals surface area contributed by atoms with E-state index in [1.807, 2.05) is 0 Å². The quantitative estimate of drug-likeness (QED) is 0.140. The molecule has 1 aromatic carbocycles. The predicted molar refractivity (Wildman–Crippen MR) is 112 cm³/mol. The van der Waals surface area contributed by atoms with Crippen molar-refractivity contribution in [3.63, 3.8) is 0 Å². The second kappa shape index (κ2) is 11.6. The minimum absolute atomic E-state index is 0.378. The van der Waals surface area contributed by atoms with Gasteiger partial charge < -0.3 is 4.74 Å². The van der Waals surface area contributed by atoms with E-state index < -0.39 is 36.8 Å². The Labute approximate surface area is 196 Å². The average molecular weight is 510 g/mol. The van der Waals surface area contributed by atoms with E-state index in [0.717, 1.165) is 37.3 Å². The van der Waals surface area contributed by atoms with Gasteiger partial charge in [0.1, 0.15) is 0 Å². The summed E-state index contributed by atoms with van der Waals surface area (Å²) in [4.78, 5) is 20.1. The number of nitrogens with zero attached hydrogens (tertiary/aromatic N) is 2. The van der Waals surface area contributed by atoms with Crippen LogP contribution in [-0.2, 0) is 16.0 Å². The number of aromatic nitrogens is 2. The van der Waals surface area contributed by atoms with Crippen molar-refractivity contribution in [2.24, 2.45) is 0 Å². The van der Waals surface area contributed by atoms with Crippen molar-refractivity contribution >= 4 is 12.0 Å². The minimum atomic E-state index is -6.44. The molecule has 0 saturated heterocycles. The van der Waals surface area contributed by atoms with Crippen molar-refractivity contribution in [2.45, 2.75) is 56.8 Å². The lowest BCUT2D eigenvalue weighted by molar-refractivity contribution is -0.344. The molecular weight excluding hydrogens is 488 g/mol. The van der Waals surface area contributed by atoms with Gasteiger partial charge in [-0.1, -0.05) is 44.0 Å². The van der Waals surface area contributed by atoms with Gasteiger partial charge in [0.05, 0.1) is 0 Å². The molecule has 12 heteroatoms. The van der Waals surface area contributed by atoms with Crippen molar-refractivity contribution < 1.29 is 44.7 Å². The summed E-state index contributed by atoms with van der Waals surface area (Å²) in [6.45, 7) is -0.416. The Morgan fingerprint density at radius 3 is 2.14 bits per heavy atom. The van der Waals surface area contributed by atoms with Crippen LogP contribution in [0.3, 0.4) is 0 Å². The SMILES string of the molecule is CCCCCc1cnc(-c2ccc(C=CC(=O)OCC(F)(F)C(F)(F)C(F)(F)C(F)F)cc2)nc1. The molecule has 0 unspecified atom stereocenters. The summed E-state index contributed by atoms with van der Waals surface area (Å²) in [5.74, 6) is -19.6. The standard InChI is InChI=1S/C23H22F8N2O2/c1-2-3-4-5-16-12-32-19(33-13-16)17-9-6-15(7-10-17)8-11-18(34)35-14-21(26,27)23(30,31)22(28,29)20(24)25/h6-13,20H,2-5,14H2,1H3. The number of hydrogen-bond donors (Lipinski definition) is 0. The molecule has 4 nitrogen and oxygen atoms in total. The summed E-state index contributed by atoms with van der Waals surface area (Å²) in [5.41, 5.74) is 2.02. The van der Waals surface area contributed by atoms with Crippen LogP contribution in [0.4, 0.5) is 35.1 Å². The molecule has 0 N–H and O–H groups in total. The Balaban J connectivity index is 1.95. The molecule has 0 amide bonds. The first-order valence-electron chi connectivity index (χ1n) is 10.5. The highest BCUT2D eigenvalue weighted by Gasteiger charge is 2.75. The molecule has 1 aromatic heterocycles. The van der Waals surface area contributed by atoms with Gasteiger partial charge in [0.2, 0.25) is 0 Å². The van der Waals surface area contributed by atoms with E-state index in [9.17, 15) is 39.9 Å². The monoisotopic (exact) mass is 510 g/mol. The number of halogens is 8. The summed E-state index contributed by atoms with van der Waals surface area (Å²) in [6.07, 6.45) is 4.18. The molecule has 0 spiro atoms. The molecule has 0 aliphatic carbocycles. The summed E-state index contributed by atoms with van der Waals surface area (Å²) >= 11 is 0. The zero-order chi connectivity index (χ0) is 26.3. The van der Waals surface area contributed by atoms with Crippen molar-refractivity contribution in [1.29, 1.82) is 0 Å². The number of benzene rings is 1. The van der Waals surface area contributed by atoms with E-state index in [2.05, 4.69) is 21.6 Å². The molecule has 0 aliphatic heterocycles. The molecule has 0 bridgehead atoms. The van der Waals surface area contributed by atoms with Crippen molar-refractivity contribution in [3.8, 4) is 11.4 Å². The van der Waals surface area contributed by atoms with Crippen LogP contribution < -0.4 is 0 Å². The van der Waals surface area contributed by atoms with E-state index in [1.54, 1.807) is 24.5 Å². The Hall–Kier alpha value is -3.05. The third-order valence-electron chi connectivity index (χ3n) is 4.90. The number of esters is 1. The maximum atomic E-state index is 13.4. The van der Waals surface area contributed by atoms with Crippen LogP contribution in [0.1, 0.15) is 37.3 Å². The predicted octanol–water partition coefficient (Wildman–Crippen LogP) is 6.60. The van der Waals surface area contributed by atoms with E-state index in [1.165, 1.54) is 12.1 Å². The number of unbranched alkanes of at least 4 members (excludes halogenated alkanes) is 2. The molecule has 35 heavy (non-hydrogen) atoms. The molecule has 0 radical (unpaired) electrons. The topological polar surface area (TPSA) is 52.1 Å². The summed E-state index contributed by atoms with van der Waals surface area (Å²) in [7, 11) is 0. The van der Waals surface area contributed by atoms with Gasteiger partial charge in [0.15, 0.2) is 12.4 Å². The first-order valence-corrected chi connectivity index (χ1v) is 10.5. The largest absolute Gasteiger partial charge is 0.456 e. The minimum Gasteiger partial charge on any atom is -0.456 e. The molecular formula is C23H22F8N2O2. The summed E-state index contributed by atoms with van der Waals surface area (Å²) < 4.78 is 107. The maximum absolute atomic E-state index is 13.4. The molecule has 0 saturated carbocycles. The van der Waals surface area contributed by atoms with Crippen LogP contribution in [0.2, 0.25) is 0 Å². The number of carbonyl (C=O) groups excluding carboxylic acids is 1. The molecule has 0 fully saturated rings. The smallest absolute Gasteiger partial charge is 0.381 e. The van der Waals surface area contributed by atoms with Gasteiger partial charge in [0, 0.05) is 24.0 Å². The van der Waals surface area contributed by atoms with Gasteiger partial charge in [-0.05, 0) is 30.0 Å². The van der Waals surface area contributed by atoms with E-state index in [-0.39, 0.29) is 0 Å². The highest BCUT2D eigenvalue weighted by Crippen LogP contribution is 2.48. The molecule has 2 aromatic rings. The number of rotatable bonds is 12. The van der Waals surface area contributed by atoms with Crippen LogP contribution >= 0.6 is 0 Å². The first-order chi connectivity index (χ1) is 16.3. The Kier molecular flexibility index (Phi) is 9.33. The highest BCUT2D eigenvalue weighted by molar-refractivity contribution is 5.87. The molecule has 2 rings (SSSR count). The fourth-order valence-corrected chi connectivity index (χ4v) is 2.80. The normalized spacial score (nSPS) is 13.0. The third-order valence-corrected chi connectivity index (χ3v) is 4.90. The van der Waals surface area contributed by atoms with Crippen LogP contribution in [0.15, 0.2) is 42.7 Å². The Bertz CT molecular complexity index is 994. The van der Waals surface area contributed by atoms with E-state index in [4.69, 9.17) is 0 Å². The maximum Gasteiger partial charge on any atom is 0.381 e. The number of alkyl halides is 8. The van der Waals surface area contributed by atoms with Gasteiger partial charge in [-0.25, -0.2) is 23.5 Å². The van der Waals surface area contributed by atoms with Crippen molar-refractivity contribution in [1.82, 2.24) is 9.97 Å². The molecule has 0 atom stereocenters. The van der Waals surface area contributed by atoms with Crippen LogP contribution in [0.5, 0.6) is 0 Å². The lowest BCUT2D eigenvalue weighted by Crippen LogP contribution is -2.59. The Morgan fingerprint density at radius 2 is 1.60 bits per heavy atom. The van der Waals surface area contributed by atoms with E-state index in [0.29, 0.717) is 23.0 Å². The van der Waals surface area contributed by atoms with Crippen LogP contribution in [-0.4, -0.2) is 46.7 Å². The zero-order valence-electron chi connectivity index (χ0n) is 18.5. The number of ether oxygens (including phenoxy) is 1. The summed E-state index contributed by atoms with van der Waals surface area (Å²) in [5, 5.41) is 0. The fraction of sp³-hybridized carbons (Fsp3) is 0.435. The van der Waals surface area contributed by atoms with Gasteiger partial charge in [-0.3, -0.25) is 0 Å². The van der Waals surface area contributed by atoms with Crippen molar-refractivity contribution in [2.75, 3.05) is 6.61 Å². The van der Waals surface area contributed by atoms with E-state index >= 15 is 0 Å². The lowest BCUT2D eigenvalue weighted by atomic mass is 10.1. The van der Waals surface area contributed by atoms with Gasteiger partial charge in [-0.15, -0.1) is 0 Å². The molecule has 192 valence electrons. The van der Waals surface area contributed by atoms with Gasteiger partial charge in [0.25, 0.3) is 0 Å². The van der Waals surface area contributed by atoms with Gasteiger partial charge in [-0.2, -0.15) is 26.3 Å². The average Bonchev–Trinajstić information content (AvgIpc) is 2.82. The summed E-state index contributed by atoms with van der Waals surface area (Å²) in [6, 6.07) is 6.25. The van der Waals surface area contributed by atoms with Crippen LogP contribution in [0, 0.1) is 0 Å². The third kappa shape index (κ3) is 6.98. The number of aryl methyl sites for hydroxylation is 1. The molecule has 0 aliphatic rings. The number of carbonyl (C=O) groups is 1.